The smallest absolute Gasteiger partial charge is 0.232 e. The summed E-state index contributed by atoms with van der Waals surface area (Å²) in [4.78, 5) is 8.79. The first kappa shape index (κ1) is 17.2. The summed E-state index contributed by atoms with van der Waals surface area (Å²) in [7, 11) is 1.51. The molecule has 0 saturated carbocycles. The van der Waals surface area contributed by atoms with Crippen LogP contribution in [-0.2, 0) is 6.61 Å². The number of hydrogen-bond donors (Lipinski definition) is 1. The quantitative estimate of drug-likeness (QED) is 0.572. The second-order valence-electron chi connectivity index (χ2n) is 5.95. The van der Waals surface area contributed by atoms with Crippen molar-refractivity contribution in [3.05, 3.63) is 47.9 Å². The number of benzene rings is 2. The second kappa shape index (κ2) is 6.85. The van der Waals surface area contributed by atoms with Gasteiger partial charge in [-0.05, 0) is 36.8 Å². The Hall–Kier alpha value is -3.19. The van der Waals surface area contributed by atoms with Crippen LogP contribution in [0.1, 0.15) is 12.5 Å². The minimum atomic E-state index is -0.483. The van der Waals surface area contributed by atoms with Gasteiger partial charge in [0.25, 0.3) is 0 Å². The van der Waals surface area contributed by atoms with E-state index in [1.807, 2.05) is 0 Å². The van der Waals surface area contributed by atoms with Gasteiger partial charge in [-0.2, -0.15) is 0 Å². The number of aliphatic hydroxyl groups is 1. The van der Waals surface area contributed by atoms with Gasteiger partial charge < -0.3 is 19.0 Å². The largest absolute Gasteiger partial charge is 0.491 e. The van der Waals surface area contributed by atoms with Crippen molar-refractivity contribution in [2.24, 2.45) is 0 Å². The summed E-state index contributed by atoms with van der Waals surface area (Å²) in [5.74, 6) is 0.564. The van der Waals surface area contributed by atoms with E-state index in [0.717, 1.165) is 0 Å². The first-order valence-electron chi connectivity index (χ1n) is 8.43. The molecular weight excluding hydrogens is 351 g/mol. The van der Waals surface area contributed by atoms with E-state index in [0.29, 0.717) is 51.4 Å². The van der Waals surface area contributed by atoms with Crippen molar-refractivity contribution in [2.45, 2.75) is 13.5 Å². The molecule has 0 amide bonds. The maximum absolute atomic E-state index is 14.1. The number of rotatable bonds is 5. The molecular formula is C20H17FN2O4. The predicted octanol–water partition coefficient (Wildman–Crippen LogP) is 4.08. The van der Waals surface area contributed by atoms with Crippen molar-refractivity contribution < 1.29 is 23.4 Å². The summed E-state index contributed by atoms with van der Waals surface area (Å²) in [5, 5.41) is 10.3. The number of ether oxygens (including phenoxy) is 2. The Bertz CT molecular complexity index is 1130. The van der Waals surface area contributed by atoms with Crippen LogP contribution in [0.3, 0.4) is 0 Å². The van der Waals surface area contributed by atoms with Gasteiger partial charge in [0.05, 0.1) is 37.6 Å². The van der Waals surface area contributed by atoms with Crippen molar-refractivity contribution in [2.75, 3.05) is 13.7 Å². The second-order valence-corrected chi connectivity index (χ2v) is 5.95. The fourth-order valence-corrected chi connectivity index (χ4v) is 2.98. The minimum Gasteiger partial charge on any atom is -0.491 e. The van der Waals surface area contributed by atoms with E-state index in [-0.39, 0.29) is 12.4 Å². The van der Waals surface area contributed by atoms with Crippen molar-refractivity contribution in [3.8, 4) is 23.0 Å². The molecule has 0 aliphatic rings. The number of methoxy groups -OCH3 is 1. The number of halogens is 1. The Morgan fingerprint density at radius 2 is 2.04 bits per heavy atom. The summed E-state index contributed by atoms with van der Waals surface area (Å²) in [6, 6.07) is 8.22. The van der Waals surface area contributed by atoms with E-state index in [9.17, 15) is 9.50 Å². The van der Waals surface area contributed by atoms with Crippen molar-refractivity contribution >= 4 is 22.0 Å². The highest BCUT2D eigenvalue weighted by molar-refractivity contribution is 5.94. The van der Waals surface area contributed by atoms with Gasteiger partial charge in [0.1, 0.15) is 11.3 Å². The molecule has 4 aromatic rings. The lowest BCUT2D eigenvalue weighted by Gasteiger charge is -2.07. The summed E-state index contributed by atoms with van der Waals surface area (Å²) in [5.41, 5.74) is 2.87. The van der Waals surface area contributed by atoms with Crippen LogP contribution < -0.4 is 9.47 Å². The van der Waals surface area contributed by atoms with E-state index in [1.54, 1.807) is 31.2 Å². The molecule has 0 spiro atoms. The van der Waals surface area contributed by atoms with Crippen LogP contribution in [0.15, 0.2) is 40.9 Å². The normalized spacial score (nSPS) is 11.3. The minimum absolute atomic E-state index is 0.162. The molecule has 1 N–H and O–H groups in total. The van der Waals surface area contributed by atoms with Gasteiger partial charge in [-0.1, -0.05) is 0 Å². The van der Waals surface area contributed by atoms with Crippen LogP contribution in [0.25, 0.3) is 33.3 Å². The fourth-order valence-electron chi connectivity index (χ4n) is 2.98. The molecule has 0 radical (unpaired) electrons. The Morgan fingerprint density at radius 1 is 1.19 bits per heavy atom. The summed E-state index contributed by atoms with van der Waals surface area (Å²) in [6.45, 7) is 2.00. The molecule has 2 aromatic heterocycles. The van der Waals surface area contributed by atoms with Crippen LogP contribution in [0.5, 0.6) is 11.6 Å². The number of fused-ring (bicyclic) bond motifs is 2. The molecule has 0 aliphatic carbocycles. The van der Waals surface area contributed by atoms with E-state index in [1.165, 1.54) is 19.4 Å². The Kier molecular flexibility index (Phi) is 4.37. The van der Waals surface area contributed by atoms with Crippen LogP contribution in [-0.4, -0.2) is 28.8 Å². The molecule has 0 bridgehead atoms. The van der Waals surface area contributed by atoms with Gasteiger partial charge in [0, 0.05) is 17.0 Å². The fraction of sp³-hybridized carbons (Fsp3) is 0.200. The van der Waals surface area contributed by atoms with E-state index >= 15 is 0 Å². The van der Waals surface area contributed by atoms with Gasteiger partial charge >= 0.3 is 0 Å². The summed E-state index contributed by atoms with van der Waals surface area (Å²) in [6.07, 6.45) is 1.51. The topological polar surface area (TPSA) is 77.6 Å². The summed E-state index contributed by atoms with van der Waals surface area (Å²) >= 11 is 0. The molecule has 6 nitrogen and oxygen atoms in total. The number of hydrogen-bond acceptors (Lipinski definition) is 6. The zero-order chi connectivity index (χ0) is 19.0. The Labute approximate surface area is 154 Å². The van der Waals surface area contributed by atoms with Crippen LogP contribution in [0.4, 0.5) is 4.39 Å². The maximum atomic E-state index is 14.1. The first-order valence-corrected chi connectivity index (χ1v) is 8.43. The summed E-state index contributed by atoms with van der Waals surface area (Å²) < 4.78 is 30.4. The lowest BCUT2D eigenvalue weighted by Crippen LogP contribution is -1.94. The zero-order valence-corrected chi connectivity index (χ0v) is 14.8. The number of aromatic nitrogens is 2. The Balaban J connectivity index is 1.92. The molecule has 4 rings (SSSR count). The molecule has 7 heteroatoms. The number of nitrogens with zero attached hydrogens (tertiary/aromatic N) is 2. The molecule has 2 aromatic carbocycles. The molecule has 0 fully saturated rings. The molecule has 0 unspecified atom stereocenters. The molecule has 138 valence electrons. The molecule has 27 heavy (non-hydrogen) atoms. The van der Waals surface area contributed by atoms with E-state index in [4.69, 9.17) is 13.9 Å². The van der Waals surface area contributed by atoms with Gasteiger partial charge in [-0.15, -0.1) is 0 Å². The van der Waals surface area contributed by atoms with Crippen molar-refractivity contribution in [1.29, 1.82) is 0 Å². The first-order chi connectivity index (χ1) is 13.1. The third-order valence-electron chi connectivity index (χ3n) is 4.21. The number of furan rings is 1. The third-order valence-corrected chi connectivity index (χ3v) is 4.21. The standard InChI is InChI=1S/C20H17FN2O4/c1-3-26-18-7-12-6-17(27-16(12)8-14(18)21)13-4-11(10-24)5-15-20(13)22-9-19(23-15)25-2/h4-9,24H,3,10H2,1-2H3. The van der Waals surface area contributed by atoms with Gasteiger partial charge in [-0.3, -0.25) is 0 Å². The average molecular weight is 368 g/mol. The highest BCUT2D eigenvalue weighted by Gasteiger charge is 2.16. The monoisotopic (exact) mass is 368 g/mol. The molecule has 0 saturated heterocycles. The van der Waals surface area contributed by atoms with Crippen LogP contribution in [0.2, 0.25) is 0 Å². The van der Waals surface area contributed by atoms with Crippen molar-refractivity contribution in [1.82, 2.24) is 9.97 Å². The highest BCUT2D eigenvalue weighted by Crippen LogP contribution is 2.35. The van der Waals surface area contributed by atoms with Gasteiger partial charge in [-0.25, -0.2) is 14.4 Å². The SMILES string of the molecule is CCOc1cc2cc(-c3cc(CO)cc4nc(OC)cnc34)oc2cc1F. The van der Waals surface area contributed by atoms with Gasteiger partial charge in [0.15, 0.2) is 11.6 Å². The maximum Gasteiger partial charge on any atom is 0.232 e. The van der Waals surface area contributed by atoms with Crippen molar-refractivity contribution in [3.63, 3.8) is 0 Å². The Morgan fingerprint density at radius 3 is 2.78 bits per heavy atom. The molecule has 0 atom stereocenters. The number of aliphatic hydroxyl groups excluding tert-OH is 1. The lowest BCUT2D eigenvalue weighted by atomic mass is 10.1. The van der Waals surface area contributed by atoms with E-state index in [2.05, 4.69) is 9.97 Å². The van der Waals surface area contributed by atoms with Gasteiger partial charge in [0.2, 0.25) is 5.88 Å². The van der Waals surface area contributed by atoms with Crippen LogP contribution in [0, 0.1) is 5.82 Å². The highest BCUT2D eigenvalue weighted by atomic mass is 19.1. The lowest BCUT2D eigenvalue weighted by molar-refractivity contribution is 0.282. The van der Waals surface area contributed by atoms with Crippen LogP contribution >= 0.6 is 0 Å². The molecule has 0 aliphatic heterocycles. The third kappa shape index (κ3) is 3.06. The zero-order valence-electron chi connectivity index (χ0n) is 14.8. The molecule has 2 heterocycles. The van der Waals surface area contributed by atoms with E-state index < -0.39 is 5.82 Å². The average Bonchev–Trinajstić information content (AvgIpc) is 3.09. The predicted molar refractivity (Wildman–Crippen MR) is 98.3 cm³/mol.